The number of imide groups is 1. The van der Waals surface area contributed by atoms with Crippen LogP contribution in [0.15, 0.2) is 78.2 Å². The van der Waals surface area contributed by atoms with Gasteiger partial charge in [0.05, 0.1) is 11.8 Å². The van der Waals surface area contributed by atoms with Crippen molar-refractivity contribution in [3.05, 3.63) is 99.2 Å². The van der Waals surface area contributed by atoms with Crippen LogP contribution in [0, 0.1) is 17.8 Å². The number of esters is 1. The van der Waals surface area contributed by atoms with Crippen LogP contribution >= 0.6 is 22.9 Å². The summed E-state index contributed by atoms with van der Waals surface area (Å²) in [4.78, 5) is 66.4. The second-order valence-electron chi connectivity index (χ2n) is 9.33. The van der Waals surface area contributed by atoms with Gasteiger partial charge in [-0.3, -0.25) is 19.2 Å². The number of hydrogen-bond acceptors (Lipinski definition) is 7. The first-order valence-corrected chi connectivity index (χ1v) is 13.5. The molecule has 10 heteroatoms. The molecule has 3 amide bonds. The van der Waals surface area contributed by atoms with Gasteiger partial charge in [-0.25, -0.2) is 9.80 Å². The molecule has 198 valence electrons. The molecule has 0 N–H and O–H groups in total. The predicted molar refractivity (Wildman–Crippen MR) is 144 cm³/mol. The Hall–Kier alpha value is -4.08. The minimum Gasteiger partial charge on any atom is -0.422 e. The Labute approximate surface area is 233 Å². The topological polar surface area (TPSA) is 101 Å². The number of ketones is 1. The van der Waals surface area contributed by atoms with E-state index < -0.39 is 47.9 Å². The first-order chi connectivity index (χ1) is 18.7. The Balaban J connectivity index is 1.39. The van der Waals surface area contributed by atoms with Gasteiger partial charge in [0.2, 0.25) is 0 Å². The zero-order valence-corrected chi connectivity index (χ0v) is 22.4. The van der Waals surface area contributed by atoms with Crippen LogP contribution in [-0.2, 0) is 9.59 Å². The van der Waals surface area contributed by atoms with Crippen LogP contribution in [0.2, 0.25) is 5.02 Å². The molecule has 0 spiro atoms. The molecule has 1 aromatic heterocycles. The monoisotopic (exact) mass is 562 g/mol. The number of fused-ring (bicyclic) bond motifs is 1. The second-order valence-corrected chi connectivity index (χ2v) is 10.7. The van der Waals surface area contributed by atoms with E-state index in [1.807, 2.05) is 19.1 Å². The van der Waals surface area contributed by atoms with Crippen molar-refractivity contribution in [2.45, 2.75) is 13.3 Å². The lowest BCUT2D eigenvalue weighted by atomic mass is 9.78. The number of Topliss-reactive ketones (excluding diaryl/α,β-unsaturated/α-hetero) is 1. The van der Waals surface area contributed by atoms with Gasteiger partial charge in [-0.15, -0.1) is 11.3 Å². The summed E-state index contributed by atoms with van der Waals surface area (Å²) in [6, 6.07) is 15.2. The third-order valence-corrected chi connectivity index (χ3v) is 7.92. The van der Waals surface area contributed by atoms with Gasteiger partial charge in [0.15, 0.2) is 5.78 Å². The van der Waals surface area contributed by atoms with Crippen LogP contribution in [0.3, 0.4) is 0 Å². The maximum absolute atomic E-state index is 13.6. The number of carbonyl (C=O) groups excluding carboxylic acids is 5. The van der Waals surface area contributed by atoms with Crippen LogP contribution in [0.4, 0.5) is 0 Å². The van der Waals surface area contributed by atoms with Gasteiger partial charge in [-0.05, 0) is 72.3 Å². The van der Waals surface area contributed by atoms with Crippen molar-refractivity contribution in [1.82, 2.24) is 10.0 Å². The SMILES string of the molecule is C[C@@H]1C=CC[C@H]2C(=O)N(N(CC(=O)c3ccc(OC(=O)c4cccs4)cc3)C(=O)c3ccc(Cl)cc3)C(=O)[C@H]12. The molecule has 2 aromatic carbocycles. The third kappa shape index (κ3) is 5.28. The molecule has 3 aromatic rings. The van der Waals surface area contributed by atoms with Crippen LogP contribution in [0.25, 0.3) is 0 Å². The highest BCUT2D eigenvalue weighted by atomic mass is 35.5. The fraction of sp³-hybridized carbons (Fsp3) is 0.207. The summed E-state index contributed by atoms with van der Waals surface area (Å²) in [5.41, 5.74) is 0.385. The van der Waals surface area contributed by atoms with Crippen LogP contribution in [0.1, 0.15) is 43.7 Å². The summed E-state index contributed by atoms with van der Waals surface area (Å²) in [5, 5.41) is 3.93. The number of ether oxygens (including phenoxy) is 1. The summed E-state index contributed by atoms with van der Waals surface area (Å²) in [5.74, 6) is -3.84. The molecular weight excluding hydrogens is 540 g/mol. The summed E-state index contributed by atoms with van der Waals surface area (Å²) in [6.45, 7) is 1.31. The smallest absolute Gasteiger partial charge is 0.353 e. The summed E-state index contributed by atoms with van der Waals surface area (Å²) >= 11 is 7.22. The number of benzene rings is 2. The molecule has 8 nitrogen and oxygen atoms in total. The molecule has 0 saturated carbocycles. The van der Waals surface area contributed by atoms with Crippen LogP contribution in [0.5, 0.6) is 5.75 Å². The van der Waals surface area contributed by atoms with Gasteiger partial charge in [-0.1, -0.05) is 36.7 Å². The zero-order chi connectivity index (χ0) is 27.7. The van der Waals surface area contributed by atoms with E-state index in [4.69, 9.17) is 16.3 Å². The Bertz CT molecular complexity index is 1470. The molecular formula is C29H23ClN2O6S. The highest BCUT2D eigenvalue weighted by Crippen LogP contribution is 2.39. The zero-order valence-electron chi connectivity index (χ0n) is 20.8. The minimum absolute atomic E-state index is 0.171. The van der Waals surface area contributed by atoms with Crippen molar-refractivity contribution >= 4 is 52.4 Å². The number of carbonyl (C=O) groups is 5. The van der Waals surface area contributed by atoms with Gasteiger partial charge in [0, 0.05) is 16.1 Å². The molecule has 1 aliphatic heterocycles. The Morgan fingerprint density at radius 1 is 1.00 bits per heavy atom. The molecule has 2 heterocycles. The van der Waals surface area contributed by atoms with Gasteiger partial charge in [-0.2, -0.15) is 5.01 Å². The molecule has 1 aliphatic carbocycles. The Morgan fingerprint density at radius 3 is 2.33 bits per heavy atom. The average Bonchev–Trinajstić information content (AvgIpc) is 3.56. The Kier molecular flexibility index (Phi) is 7.45. The highest BCUT2D eigenvalue weighted by Gasteiger charge is 2.53. The van der Waals surface area contributed by atoms with E-state index >= 15 is 0 Å². The van der Waals surface area contributed by atoms with Crippen LogP contribution in [-0.4, -0.2) is 46.0 Å². The molecule has 5 rings (SSSR count). The molecule has 0 unspecified atom stereocenters. The number of hydrogen-bond donors (Lipinski definition) is 0. The fourth-order valence-corrected chi connectivity index (χ4v) is 5.56. The van der Waals surface area contributed by atoms with E-state index in [-0.39, 0.29) is 22.8 Å². The normalized spacial score (nSPS) is 20.1. The van der Waals surface area contributed by atoms with E-state index in [1.165, 1.54) is 59.9 Å². The minimum atomic E-state index is -0.678. The summed E-state index contributed by atoms with van der Waals surface area (Å²) < 4.78 is 5.34. The standard InChI is InChI=1S/C29H23ClN2O6S/c1-17-4-2-5-22-25(17)28(36)32(27(22)35)31(26(34)19-7-11-20(30)12-8-19)16-23(33)18-9-13-21(14-10-18)38-29(37)24-6-3-15-39-24/h2-4,6-15,17,22,25H,5,16H2,1H3/t17-,22-,25-/m1/s1. The average molecular weight is 563 g/mol. The number of hydrazine groups is 1. The van der Waals surface area contributed by atoms with E-state index in [2.05, 4.69) is 0 Å². The number of halogens is 1. The fourth-order valence-electron chi connectivity index (χ4n) is 4.83. The first kappa shape index (κ1) is 26.5. The second kappa shape index (κ2) is 11.0. The van der Waals surface area contributed by atoms with E-state index in [0.29, 0.717) is 16.3 Å². The van der Waals surface area contributed by atoms with Gasteiger partial charge in [0.25, 0.3) is 17.7 Å². The summed E-state index contributed by atoms with van der Waals surface area (Å²) in [7, 11) is 0. The maximum Gasteiger partial charge on any atom is 0.353 e. The van der Waals surface area contributed by atoms with Crippen molar-refractivity contribution < 1.29 is 28.7 Å². The number of nitrogens with zero attached hydrogens (tertiary/aromatic N) is 2. The Morgan fingerprint density at radius 2 is 1.69 bits per heavy atom. The number of allylic oxidation sites excluding steroid dienone is 2. The van der Waals surface area contributed by atoms with Crippen molar-refractivity contribution in [2.75, 3.05) is 6.54 Å². The number of amides is 3. The largest absolute Gasteiger partial charge is 0.422 e. The van der Waals surface area contributed by atoms with Crippen LogP contribution < -0.4 is 4.74 Å². The molecule has 39 heavy (non-hydrogen) atoms. The van der Waals surface area contributed by atoms with Crippen molar-refractivity contribution in [1.29, 1.82) is 0 Å². The lowest BCUT2D eigenvalue weighted by molar-refractivity contribution is -0.154. The molecule has 3 atom stereocenters. The van der Waals surface area contributed by atoms with E-state index in [0.717, 1.165) is 10.0 Å². The molecule has 0 bridgehead atoms. The third-order valence-electron chi connectivity index (χ3n) is 6.82. The first-order valence-electron chi connectivity index (χ1n) is 12.3. The molecule has 1 fully saturated rings. The van der Waals surface area contributed by atoms with Gasteiger partial charge < -0.3 is 4.74 Å². The summed E-state index contributed by atoms with van der Waals surface area (Å²) in [6.07, 6.45) is 4.14. The lowest BCUT2D eigenvalue weighted by Crippen LogP contribution is -2.52. The maximum atomic E-state index is 13.6. The number of thiophene rings is 1. The van der Waals surface area contributed by atoms with Crippen molar-refractivity contribution in [3.63, 3.8) is 0 Å². The molecule has 2 aliphatic rings. The van der Waals surface area contributed by atoms with E-state index in [1.54, 1.807) is 17.5 Å². The van der Waals surface area contributed by atoms with Gasteiger partial charge >= 0.3 is 5.97 Å². The van der Waals surface area contributed by atoms with Crippen molar-refractivity contribution in [2.24, 2.45) is 17.8 Å². The lowest BCUT2D eigenvalue weighted by Gasteiger charge is -2.30. The number of rotatable bonds is 7. The van der Waals surface area contributed by atoms with E-state index in [9.17, 15) is 24.0 Å². The predicted octanol–water partition coefficient (Wildman–Crippen LogP) is 5.06. The van der Waals surface area contributed by atoms with Gasteiger partial charge in [0.1, 0.15) is 17.2 Å². The quantitative estimate of drug-likeness (QED) is 0.131. The molecule has 1 saturated heterocycles. The molecule has 0 radical (unpaired) electrons. The van der Waals surface area contributed by atoms with Crippen molar-refractivity contribution in [3.8, 4) is 5.75 Å². The highest BCUT2D eigenvalue weighted by molar-refractivity contribution is 7.12.